The SMILES string of the molecule is CC(C)N(Cc1ccccc1)c1cncc(N)n1. The van der Waals surface area contributed by atoms with Gasteiger partial charge in [0.1, 0.15) is 11.6 Å². The molecule has 0 atom stereocenters. The number of hydrogen-bond donors (Lipinski definition) is 1. The zero-order valence-corrected chi connectivity index (χ0v) is 10.7. The molecule has 0 saturated carbocycles. The van der Waals surface area contributed by atoms with Gasteiger partial charge in [0.05, 0.1) is 12.4 Å². The van der Waals surface area contributed by atoms with Crippen molar-refractivity contribution >= 4 is 11.6 Å². The second-order valence-corrected chi connectivity index (χ2v) is 4.51. The lowest BCUT2D eigenvalue weighted by Gasteiger charge is -2.27. The van der Waals surface area contributed by atoms with Gasteiger partial charge in [-0.05, 0) is 19.4 Å². The van der Waals surface area contributed by atoms with Gasteiger partial charge < -0.3 is 10.6 Å². The van der Waals surface area contributed by atoms with E-state index in [1.165, 1.54) is 5.56 Å². The zero-order valence-electron chi connectivity index (χ0n) is 10.7. The summed E-state index contributed by atoms with van der Waals surface area (Å²) in [5, 5.41) is 0. The highest BCUT2D eigenvalue weighted by atomic mass is 15.2. The first kappa shape index (κ1) is 12.4. The Morgan fingerprint density at radius 1 is 1.17 bits per heavy atom. The zero-order chi connectivity index (χ0) is 13.0. The first-order valence-corrected chi connectivity index (χ1v) is 6.05. The van der Waals surface area contributed by atoms with Crippen molar-refractivity contribution in [1.82, 2.24) is 9.97 Å². The highest BCUT2D eigenvalue weighted by Crippen LogP contribution is 2.17. The van der Waals surface area contributed by atoms with Gasteiger partial charge in [-0.2, -0.15) is 0 Å². The lowest BCUT2D eigenvalue weighted by atomic mass is 10.2. The third-order valence-electron chi connectivity index (χ3n) is 2.75. The lowest BCUT2D eigenvalue weighted by molar-refractivity contribution is 0.671. The van der Waals surface area contributed by atoms with Gasteiger partial charge in [0.2, 0.25) is 0 Å². The number of aromatic nitrogens is 2. The molecule has 0 aliphatic rings. The predicted molar refractivity (Wildman–Crippen MR) is 74.2 cm³/mol. The van der Waals surface area contributed by atoms with Crippen molar-refractivity contribution in [1.29, 1.82) is 0 Å². The molecule has 0 radical (unpaired) electrons. The summed E-state index contributed by atoms with van der Waals surface area (Å²) in [5.74, 6) is 1.26. The van der Waals surface area contributed by atoms with E-state index in [1.54, 1.807) is 12.4 Å². The molecule has 2 rings (SSSR count). The number of anilines is 2. The molecule has 18 heavy (non-hydrogen) atoms. The average molecular weight is 242 g/mol. The second-order valence-electron chi connectivity index (χ2n) is 4.51. The molecule has 1 heterocycles. The first-order valence-electron chi connectivity index (χ1n) is 6.05. The maximum Gasteiger partial charge on any atom is 0.150 e. The van der Waals surface area contributed by atoms with E-state index in [0.29, 0.717) is 11.9 Å². The van der Waals surface area contributed by atoms with Gasteiger partial charge in [0, 0.05) is 12.6 Å². The number of nitrogens with zero attached hydrogens (tertiary/aromatic N) is 3. The van der Waals surface area contributed by atoms with Crippen molar-refractivity contribution in [3.63, 3.8) is 0 Å². The van der Waals surface area contributed by atoms with Gasteiger partial charge >= 0.3 is 0 Å². The fraction of sp³-hybridized carbons (Fsp3) is 0.286. The van der Waals surface area contributed by atoms with E-state index in [1.807, 2.05) is 18.2 Å². The Hall–Kier alpha value is -2.10. The Morgan fingerprint density at radius 2 is 1.89 bits per heavy atom. The molecule has 1 aromatic carbocycles. The van der Waals surface area contributed by atoms with Crippen molar-refractivity contribution in [3.8, 4) is 0 Å². The molecule has 0 saturated heterocycles. The molecular weight excluding hydrogens is 224 g/mol. The molecule has 0 fully saturated rings. The Morgan fingerprint density at radius 3 is 2.50 bits per heavy atom. The van der Waals surface area contributed by atoms with Crippen LogP contribution in [0, 0.1) is 0 Å². The van der Waals surface area contributed by atoms with Crippen LogP contribution in [0.1, 0.15) is 19.4 Å². The molecule has 4 heteroatoms. The van der Waals surface area contributed by atoms with E-state index < -0.39 is 0 Å². The molecule has 4 nitrogen and oxygen atoms in total. The van der Waals surface area contributed by atoms with E-state index >= 15 is 0 Å². The van der Waals surface area contributed by atoms with Crippen LogP contribution in [0.25, 0.3) is 0 Å². The van der Waals surface area contributed by atoms with Crippen molar-refractivity contribution in [3.05, 3.63) is 48.3 Å². The second kappa shape index (κ2) is 5.49. The van der Waals surface area contributed by atoms with Crippen LogP contribution in [0.5, 0.6) is 0 Å². The van der Waals surface area contributed by atoms with Crippen LogP contribution < -0.4 is 10.6 Å². The third-order valence-corrected chi connectivity index (χ3v) is 2.75. The highest BCUT2D eigenvalue weighted by molar-refractivity contribution is 5.43. The smallest absolute Gasteiger partial charge is 0.150 e. The summed E-state index contributed by atoms with van der Waals surface area (Å²) < 4.78 is 0. The molecular formula is C14H18N4. The van der Waals surface area contributed by atoms with Crippen molar-refractivity contribution in [2.45, 2.75) is 26.4 Å². The van der Waals surface area contributed by atoms with E-state index in [0.717, 1.165) is 12.4 Å². The monoisotopic (exact) mass is 242 g/mol. The summed E-state index contributed by atoms with van der Waals surface area (Å²) in [6.07, 6.45) is 3.31. The number of nitrogen functional groups attached to an aromatic ring is 1. The van der Waals surface area contributed by atoms with Crippen LogP contribution >= 0.6 is 0 Å². The molecule has 94 valence electrons. The fourth-order valence-corrected chi connectivity index (χ4v) is 1.82. The van der Waals surface area contributed by atoms with E-state index in [9.17, 15) is 0 Å². The summed E-state index contributed by atoms with van der Waals surface area (Å²) in [4.78, 5) is 10.6. The van der Waals surface area contributed by atoms with Gasteiger partial charge in [-0.15, -0.1) is 0 Å². The molecule has 0 aliphatic carbocycles. The van der Waals surface area contributed by atoms with E-state index in [4.69, 9.17) is 5.73 Å². The van der Waals surface area contributed by atoms with Crippen molar-refractivity contribution in [2.75, 3.05) is 10.6 Å². The molecule has 0 amide bonds. The van der Waals surface area contributed by atoms with E-state index in [2.05, 4.69) is 40.8 Å². The van der Waals surface area contributed by atoms with E-state index in [-0.39, 0.29) is 0 Å². The predicted octanol–water partition coefficient (Wildman–Crippen LogP) is 2.47. The van der Waals surface area contributed by atoms with Crippen LogP contribution in [-0.2, 0) is 6.54 Å². The summed E-state index contributed by atoms with van der Waals surface area (Å²) in [6.45, 7) is 5.07. The Kier molecular flexibility index (Phi) is 3.77. The first-order chi connectivity index (χ1) is 8.66. The number of hydrogen-bond acceptors (Lipinski definition) is 4. The van der Waals surface area contributed by atoms with Crippen LogP contribution in [0.4, 0.5) is 11.6 Å². The van der Waals surface area contributed by atoms with Crippen molar-refractivity contribution in [2.24, 2.45) is 0 Å². The van der Waals surface area contributed by atoms with Crippen LogP contribution in [0.3, 0.4) is 0 Å². The Bertz CT molecular complexity index is 496. The van der Waals surface area contributed by atoms with Crippen LogP contribution in [0.2, 0.25) is 0 Å². The minimum atomic E-state index is 0.335. The molecule has 1 aromatic heterocycles. The fourth-order valence-electron chi connectivity index (χ4n) is 1.82. The number of nitrogens with two attached hydrogens (primary N) is 1. The Balaban J connectivity index is 2.24. The van der Waals surface area contributed by atoms with Crippen molar-refractivity contribution < 1.29 is 0 Å². The maximum atomic E-state index is 5.69. The standard InChI is InChI=1S/C14H18N4/c1-11(2)18(10-12-6-4-3-5-7-12)14-9-16-8-13(15)17-14/h3-9,11H,10H2,1-2H3,(H2,15,17). The number of rotatable bonds is 4. The van der Waals surface area contributed by atoms with Gasteiger partial charge in [-0.3, -0.25) is 4.98 Å². The maximum absolute atomic E-state index is 5.69. The molecule has 0 aliphatic heterocycles. The summed E-state index contributed by atoms with van der Waals surface area (Å²) in [5.41, 5.74) is 6.94. The number of benzene rings is 1. The topological polar surface area (TPSA) is 55.0 Å². The minimum Gasteiger partial charge on any atom is -0.382 e. The average Bonchev–Trinajstić information content (AvgIpc) is 2.37. The van der Waals surface area contributed by atoms with Crippen LogP contribution in [-0.4, -0.2) is 16.0 Å². The summed E-state index contributed by atoms with van der Waals surface area (Å²) in [6, 6.07) is 10.6. The third kappa shape index (κ3) is 2.97. The normalized spacial score (nSPS) is 10.6. The van der Waals surface area contributed by atoms with Gasteiger partial charge in [-0.25, -0.2) is 4.98 Å². The molecule has 0 spiro atoms. The Labute approximate surface area is 107 Å². The highest BCUT2D eigenvalue weighted by Gasteiger charge is 2.13. The molecule has 2 aromatic rings. The lowest BCUT2D eigenvalue weighted by Crippen LogP contribution is -2.31. The molecule has 2 N–H and O–H groups in total. The minimum absolute atomic E-state index is 0.335. The summed E-state index contributed by atoms with van der Waals surface area (Å²) in [7, 11) is 0. The molecule has 0 unspecified atom stereocenters. The van der Waals surface area contributed by atoms with Gasteiger partial charge in [0.25, 0.3) is 0 Å². The van der Waals surface area contributed by atoms with Gasteiger partial charge in [-0.1, -0.05) is 30.3 Å². The molecule has 0 bridgehead atoms. The van der Waals surface area contributed by atoms with Gasteiger partial charge in [0.15, 0.2) is 0 Å². The summed E-state index contributed by atoms with van der Waals surface area (Å²) >= 11 is 0. The quantitative estimate of drug-likeness (QED) is 0.894. The largest absolute Gasteiger partial charge is 0.382 e. The van der Waals surface area contributed by atoms with Crippen LogP contribution in [0.15, 0.2) is 42.7 Å².